The first-order valence-corrected chi connectivity index (χ1v) is 8.64. The van der Waals surface area contributed by atoms with E-state index in [1.807, 2.05) is 6.92 Å². The molecule has 1 fully saturated rings. The van der Waals surface area contributed by atoms with Gasteiger partial charge in [0, 0.05) is 26.5 Å². The minimum Gasteiger partial charge on any atom is -0.383 e. The lowest BCUT2D eigenvalue weighted by Gasteiger charge is -2.23. The molecule has 1 N–H and O–H groups in total. The highest BCUT2D eigenvalue weighted by atomic mass is 32.1. The van der Waals surface area contributed by atoms with E-state index in [1.165, 1.54) is 11.3 Å². The van der Waals surface area contributed by atoms with Crippen LogP contribution < -0.4 is 5.32 Å². The molecule has 1 aromatic heterocycles. The van der Waals surface area contributed by atoms with E-state index in [9.17, 15) is 9.59 Å². The molecule has 0 bridgehead atoms. The van der Waals surface area contributed by atoms with Crippen molar-refractivity contribution in [1.82, 2.24) is 15.1 Å². The third-order valence-electron chi connectivity index (χ3n) is 3.75. The van der Waals surface area contributed by atoms with Gasteiger partial charge in [0.15, 0.2) is 0 Å². The van der Waals surface area contributed by atoms with Crippen LogP contribution in [0.15, 0.2) is 0 Å². The normalized spacial score (nSPS) is 19.4. The molecule has 2 atom stereocenters. The van der Waals surface area contributed by atoms with Crippen molar-refractivity contribution in [2.75, 3.05) is 25.6 Å². The van der Waals surface area contributed by atoms with Gasteiger partial charge in [-0.3, -0.25) is 9.59 Å². The lowest BCUT2D eigenvalue weighted by molar-refractivity contribution is -0.130. The van der Waals surface area contributed by atoms with Crippen molar-refractivity contribution in [2.24, 2.45) is 11.8 Å². The maximum atomic E-state index is 12.3. The summed E-state index contributed by atoms with van der Waals surface area (Å²) in [5, 5.41) is 12.3. The van der Waals surface area contributed by atoms with Crippen LogP contribution in [0.4, 0.5) is 5.13 Å². The highest BCUT2D eigenvalue weighted by Gasteiger charge is 2.36. The van der Waals surface area contributed by atoms with Crippen LogP contribution in [0.2, 0.25) is 0 Å². The van der Waals surface area contributed by atoms with Gasteiger partial charge in [0.05, 0.1) is 18.6 Å². The Bertz CT molecular complexity index is 561. The van der Waals surface area contributed by atoms with Gasteiger partial charge in [-0.05, 0) is 12.8 Å². The minimum atomic E-state index is -0.348. The first-order valence-electron chi connectivity index (χ1n) is 7.82. The maximum absolute atomic E-state index is 12.3. The molecule has 1 saturated heterocycles. The first-order chi connectivity index (χ1) is 10.9. The summed E-state index contributed by atoms with van der Waals surface area (Å²) >= 11 is 1.39. The number of carbonyl (C=O) groups excluding carboxylic acids is 2. The fourth-order valence-electron chi connectivity index (χ4n) is 2.61. The Morgan fingerprint density at radius 2 is 2.17 bits per heavy atom. The molecule has 7 nitrogen and oxygen atoms in total. The van der Waals surface area contributed by atoms with Gasteiger partial charge in [-0.1, -0.05) is 25.2 Å². The van der Waals surface area contributed by atoms with Gasteiger partial charge in [-0.25, -0.2) is 0 Å². The Hall–Kier alpha value is -1.54. The molecule has 2 amide bonds. The van der Waals surface area contributed by atoms with Gasteiger partial charge < -0.3 is 15.0 Å². The van der Waals surface area contributed by atoms with Gasteiger partial charge in [-0.15, -0.1) is 10.2 Å². The monoisotopic (exact) mass is 340 g/mol. The lowest BCUT2D eigenvalue weighted by atomic mass is 10.1. The summed E-state index contributed by atoms with van der Waals surface area (Å²) in [5.41, 5.74) is 0. The SMILES string of the molecule is COC[C@H](C)N1C[C@@H](C(=O)Nc2nnc(CC(C)C)s2)CC1=O. The van der Waals surface area contributed by atoms with Crippen LogP contribution in [0.3, 0.4) is 0 Å². The molecule has 0 radical (unpaired) electrons. The van der Waals surface area contributed by atoms with Crippen LogP contribution in [0, 0.1) is 11.8 Å². The van der Waals surface area contributed by atoms with Gasteiger partial charge in [0.2, 0.25) is 16.9 Å². The molecule has 2 rings (SSSR count). The van der Waals surface area contributed by atoms with Gasteiger partial charge in [0.1, 0.15) is 5.01 Å². The summed E-state index contributed by atoms with van der Waals surface area (Å²) in [6, 6.07) is -0.0236. The molecule has 0 saturated carbocycles. The van der Waals surface area contributed by atoms with E-state index in [4.69, 9.17) is 4.74 Å². The number of likely N-dealkylation sites (tertiary alicyclic amines) is 1. The number of carbonyl (C=O) groups is 2. The van der Waals surface area contributed by atoms with E-state index < -0.39 is 0 Å². The molecule has 0 aliphatic carbocycles. The predicted octanol–water partition coefficient (Wildman–Crippen LogP) is 1.56. The van der Waals surface area contributed by atoms with Gasteiger partial charge >= 0.3 is 0 Å². The summed E-state index contributed by atoms with van der Waals surface area (Å²) in [6.45, 7) is 7.03. The average molecular weight is 340 g/mol. The molecule has 23 heavy (non-hydrogen) atoms. The van der Waals surface area contributed by atoms with E-state index in [-0.39, 0.29) is 30.2 Å². The lowest BCUT2D eigenvalue weighted by Crippen LogP contribution is -2.38. The number of anilines is 1. The molecule has 1 aliphatic heterocycles. The smallest absolute Gasteiger partial charge is 0.231 e. The molecule has 0 spiro atoms. The molecular weight excluding hydrogens is 316 g/mol. The molecule has 0 unspecified atom stereocenters. The zero-order valence-corrected chi connectivity index (χ0v) is 14.9. The second-order valence-corrected chi connectivity index (χ2v) is 7.40. The Kier molecular flexibility index (Phi) is 6.06. The third kappa shape index (κ3) is 4.71. The third-order valence-corrected chi connectivity index (χ3v) is 4.61. The van der Waals surface area contributed by atoms with Crippen molar-refractivity contribution in [1.29, 1.82) is 0 Å². The molecule has 128 valence electrons. The van der Waals surface area contributed by atoms with Crippen LogP contribution in [-0.4, -0.2) is 53.2 Å². The molecule has 8 heteroatoms. The zero-order chi connectivity index (χ0) is 17.0. The van der Waals surface area contributed by atoms with Gasteiger partial charge in [0.25, 0.3) is 0 Å². The first kappa shape index (κ1) is 17.8. The van der Waals surface area contributed by atoms with E-state index in [0.717, 1.165) is 11.4 Å². The minimum absolute atomic E-state index is 0.00698. The number of hydrogen-bond acceptors (Lipinski definition) is 6. The van der Waals surface area contributed by atoms with E-state index >= 15 is 0 Å². The van der Waals surface area contributed by atoms with E-state index in [0.29, 0.717) is 24.2 Å². The van der Waals surface area contributed by atoms with Crippen LogP contribution >= 0.6 is 11.3 Å². The van der Waals surface area contributed by atoms with Crippen molar-refractivity contribution < 1.29 is 14.3 Å². The van der Waals surface area contributed by atoms with Crippen molar-refractivity contribution in [3.05, 3.63) is 5.01 Å². The highest BCUT2D eigenvalue weighted by Crippen LogP contribution is 2.24. The summed E-state index contributed by atoms with van der Waals surface area (Å²) in [6.07, 6.45) is 1.08. The fraction of sp³-hybridized carbons (Fsp3) is 0.733. The summed E-state index contributed by atoms with van der Waals surface area (Å²) in [5.74, 6) is -0.0285. The van der Waals surface area contributed by atoms with Crippen molar-refractivity contribution in [3.8, 4) is 0 Å². The largest absolute Gasteiger partial charge is 0.383 e. The molecule has 1 aliphatic rings. The number of hydrogen-bond donors (Lipinski definition) is 1. The number of nitrogens with zero attached hydrogens (tertiary/aromatic N) is 3. The Balaban J connectivity index is 1.91. The number of nitrogens with one attached hydrogen (secondary N) is 1. The van der Waals surface area contributed by atoms with Crippen molar-refractivity contribution in [3.63, 3.8) is 0 Å². The van der Waals surface area contributed by atoms with Crippen LogP contribution in [0.1, 0.15) is 32.2 Å². The average Bonchev–Trinajstić information content (AvgIpc) is 3.05. The topological polar surface area (TPSA) is 84.4 Å². The van der Waals surface area contributed by atoms with Crippen LogP contribution in [0.5, 0.6) is 0 Å². The number of methoxy groups -OCH3 is 1. The summed E-state index contributed by atoms with van der Waals surface area (Å²) in [4.78, 5) is 26.1. The highest BCUT2D eigenvalue weighted by molar-refractivity contribution is 7.15. The number of aromatic nitrogens is 2. The number of rotatable bonds is 7. The predicted molar refractivity (Wildman–Crippen MR) is 88.2 cm³/mol. The van der Waals surface area contributed by atoms with Crippen LogP contribution in [-0.2, 0) is 20.7 Å². The molecule has 1 aromatic rings. The maximum Gasteiger partial charge on any atom is 0.231 e. The Morgan fingerprint density at radius 1 is 1.43 bits per heavy atom. The quantitative estimate of drug-likeness (QED) is 0.814. The summed E-state index contributed by atoms with van der Waals surface area (Å²) in [7, 11) is 1.60. The van der Waals surface area contributed by atoms with E-state index in [2.05, 4.69) is 29.4 Å². The number of amides is 2. The fourth-order valence-corrected chi connectivity index (χ4v) is 3.56. The number of ether oxygens (including phenoxy) is 1. The van der Waals surface area contributed by atoms with Crippen LogP contribution in [0.25, 0.3) is 0 Å². The molecular formula is C15H24N4O3S. The van der Waals surface area contributed by atoms with Crippen molar-refractivity contribution in [2.45, 2.75) is 39.7 Å². The van der Waals surface area contributed by atoms with E-state index in [1.54, 1.807) is 12.0 Å². The Labute approximate surface area is 140 Å². The molecule has 2 heterocycles. The molecule has 0 aromatic carbocycles. The zero-order valence-electron chi connectivity index (χ0n) is 14.0. The van der Waals surface area contributed by atoms with Crippen molar-refractivity contribution >= 4 is 28.3 Å². The second-order valence-electron chi connectivity index (χ2n) is 6.34. The summed E-state index contributed by atoms with van der Waals surface area (Å²) < 4.78 is 5.08. The standard InChI is InChI=1S/C15H24N4O3S/c1-9(2)5-12-17-18-15(23-12)16-14(21)11-6-13(20)19(7-11)10(3)8-22-4/h9-11H,5-8H2,1-4H3,(H,16,18,21)/t10-,11-/m0/s1. The Morgan fingerprint density at radius 3 is 2.83 bits per heavy atom. The second kappa shape index (κ2) is 7.83. The van der Waals surface area contributed by atoms with Gasteiger partial charge in [-0.2, -0.15) is 0 Å².